The molecule has 7 nitrogen and oxygen atoms in total. The van der Waals surface area contributed by atoms with Gasteiger partial charge >= 0.3 is 5.97 Å². The number of nitrogens with zero attached hydrogens (tertiary/aromatic N) is 3. The van der Waals surface area contributed by atoms with Crippen molar-refractivity contribution in [3.05, 3.63) is 11.4 Å². The third-order valence-electron chi connectivity index (χ3n) is 3.67. The number of aliphatic carboxylic acids is 1. The van der Waals surface area contributed by atoms with Crippen LogP contribution in [-0.2, 0) is 16.6 Å². The van der Waals surface area contributed by atoms with Crippen LogP contribution in [0, 0.1) is 13.8 Å². The van der Waals surface area contributed by atoms with Gasteiger partial charge in [-0.3, -0.25) is 19.2 Å². The summed E-state index contributed by atoms with van der Waals surface area (Å²) in [6.07, 6.45) is 0.783. The number of nitrogens with one attached hydrogen (secondary N) is 1. The van der Waals surface area contributed by atoms with Crippen LogP contribution >= 0.6 is 0 Å². The van der Waals surface area contributed by atoms with Crippen LogP contribution in [0.1, 0.15) is 31.7 Å². The topological polar surface area (TPSA) is 87.5 Å². The van der Waals surface area contributed by atoms with Crippen molar-refractivity contribution in [3.63, 3.8) is 0 Å². The van der Waals surface area contributed by atoms with E-state index in [2.05, 4.69) is 10.4 Å². The molecule has 1 amide bonds. The number of carboxylic acid groups (broad SMARTS) is 1. The minimum absolute atomic E-state index is 0.0305. The first-order valence-corrected chi connectivity index (χ1v) is 7.02. The second kappa shape index (κ2) is 7.21. The molecular formula is C14H24N4O3. The molecular weight excluding hydrogens is 272 g/mol. The Labute approximate surface area is 124 Å². The van der Waals surface area contributed by atoms with Crippen LogP contribution < -0.4 is 5.32 Å². The van der Waals surface area contributed by atoms with Gasteiger partial charge in [0.15, 0.2) is 0 Å². The lowest BCUT2D eigenvalue weighted by Crippen LogP contribution is -2.42. The van der Waals surface area contributed by atoms with Gasteiger partial charge in [-0.05, 0) is 27.2 Å². The van der Waals surface area contributed by atoms with Crippen molar-refractivity contribution in [2.45, 2.75) is 40.2 Å². The van der Waals surface area contributed by atoms with Gasteiger partial charge in [-0.2, -0.15) is 5.10 Å². The van der Waals surface area contributed by atoms with E-state index in [0.717, 1.165) is 17.8 Å². The van der Waals surface area contributed by atoms with Crippen molar-refractivity contribution >= 4 is 17.6 Å². The molecule has 21 heavy (non-hydrogen) atoms. The van der Waals surface area contributed by atoms with Crippen molar-refractivity contribution < 1.29 is 14.7 Å². The Bertz CT molecular complexity index is 525. The Morgan fingerprint density at radius 3 is 2.43 bits per heavy atom. The molecule has 0 saturated heterocycles. The summed E-state index contributed by atoms with van der Waals surface area (Å²) in [6, 6.07) is 0.0305. The van der Waals surface area contributed by atoms with Crippen LogP contribution in [-0.4, -0.2) is 50.8 Å². The minimum Gasteiger partial charge on any atom is -0.480 e. The fourth-order valence-corrected chi connectivity index (χ4v) is 2.12. The van der Waals surface area contributed by atoms with E-state index in [-0.39, 0.29) is 25.0 Å². The molecule has 1 aromatic rings. The third kappa shape index (κ3) is 4.56. The van der Waals surface area contributed by atoms with Gasteiger partial charge in [0.1, 0.15) is 0 Å². The number of rotatable bonds is 7. The Morgan fingerprint density at radius 2 is 2.00 bits per heavy atom. The highest BCUT2D eigenvalue weighted by Crippen LogP contribution is 2.18. The molecule has 0 bridgehead atoms. The second-order valence-electron chi connectivity index (χ2n) is 5.27. The first-order valence-electron chi connectivity index (χ1n) is 7.02. The van der Waals surface area contributed by atoms with Crippen LogP contribution in [0.2, 0.25) is 0 Å². The van der Waals surface area contributed by atoms with Crippen LogP contribution in [0.25, 0.3) is 0 Å². The largest absolute Gasteiger partial charge is 0.480 e. The van der Waals surface area contributed by atoms with Crippen LogP contribution in [0.5, 0.6) is 0 Å². The Balaban J connectivity index is 2.76. The van der Waals surface area contributed by atoms with E-state index in [1.165, 1.54) is 0 Å². The Hall–Kier alpha value is -1.89. The summed E-state index contributed by atoms with van der Waals surface area (Å²) < 4.78 is 1.70. The number of hydrogen-bond acceptors (Lipinski definition) is 4. The highest BCUT2D eigenvalue weighted by Gasteiger charge is 2.20. The van der Waals surface area contributed by atoms with E-state index in [9.17, 15) is 9.59 Å². The maximum atomic E-state index is 12.2. The quantitative estimate of drug-likeness (QED) is 0.788. The van der Waals surface area contributed by atoms with Gasteiger partial charge in [0.2, 0.25) is 5.91 Å². The normalized spacial score (nSPS) is 12.5. The van der Waals surface area contributed by atoms with Crippen molar-refractivity contribution in [3.8, 4) is 0 Å². The number of carbonyl (C=O) groups is 2. The number of anilines is 1. The molecule has 0 saturated carbocycles. The van der Waals surface area contributed by atoms with Gasteiger partial charge in [0, 0.05) is 13.1 Å². The highest BCUT2D eigenvalue weighted by atomic mass is 16.4. The fourth-order valence-electron chi connectivity index (χ4n) is 2.12. The third-order valence-corrected chi connectivity index (χ3v) is 3.67. The molecule has 118 valence electrons. The summed E-state index contributed by atoms with van der Waals surface area (Å²) in [7, 11) is 1.81. The smallest absolute Gasteiger partial charge is 0.317 e. The summed E-state index contributed by atoms with van der Waals surface area (Å²) in [6.45, 7) is 7.48. The number of carbonyl (C=O) groups excluding carboxylic acids is 1. The van der Waals surface area contributed by atoms with E-state index < -0.39 is 5.97 Å². The molecule has 0 aliphatic carbocycles. The first kappa shape index (κ1) is 17.2. The van der Waals surface area contributed by atoms with Gasteiger partial charge < -0.3 is 10.4 Å². The van der Waals surface area contributed by atoms with Gasteiger partial charge in [0.25, 0.3) is 0 Å². The molecule has 1 aromatic heterocycles. The van der Waals surface area contributed by atoms with Crippen LogP contribution in [0.4, 0.5) is 5.69 Å². The van der Waals surface area contributed by atoms with Gasteiger partial charge in [0.05, 0.1) is 30.2 Å². The number of aryl methyl sites for hydroxylation is 2. The lowest BCUT2D eigenvalue weighted by Gasteiger charge is -2.25. The zero-order valence-corrected chi connectivity index (χ0v) is 13.3. The molecule has 0 aliphatic heterocycles. The molecule has 1 unspecified atom stereocenters. The van der Waals surface area contributed by atoms with E-state index in [4.69, 9.17) is 5.11 Å². The molecule has 0 aromatic carbocycles. The summed E-state index contributed by atoms with van der Waals surface area (Å²) in [5, 5.41) is 16.0. The van der Waals surface area contributed by atoms with E-state index in [1.54, 1.807) is 9.58 Å². The summed E-state index contributed by atoms with van der Waals surface area (Å²) in [5.74, 6) is -1.16. The predicted octanol–water partition coefficient (Wildman–Crippen LogP) is 1.16. The number of amides is 1. The molecule has 1 heterocycles. The molecule has 2 N–H and O–H groups in total. The molecule has 1 rings (SSSR count). The average molecular weight is 296 g/mol. The molecule has 0 spiro atoms. The molecule has 7 heteroatoms. The summed E-state index contributed by atoms with van der Waals surface area (Å²) in [5.41, 5.74) is 2.31. The fraction of sp³-hybridized carbons (Fsp3) is 0.643. The standard InChI is InChI=1S/C14H24N4O3/c1-6-9(2)18(8-13(20)21)7-12(19)15-14-10(3)16-17(5)11(14)4/h9H,6-8H2,1-5H3,(H,15,19)(H,20,21). The zero-order valence-electron chi connectivity index (χ0n) is 13.3. The van der Waals surface area contributed by atoms with Crippen LogP contribution in [0.15, 0.2) is 0 Å². The zero-order chi connectivity index (χ0) is 16.2. The highest BCUT2D eigenvalue weighted by molar-refractivity contribution is 5.93. The summed E-state index contributed by atoms with van der Waals surface area (Å²) in [4.78, 5) is 24.7. The van der Waals surface area contributed by atoms with Gasteiger partial charge in [-0.1, -0.05) is 6.92 Å². The van der Waals surface area contributed by atoms with Crippen LogP contribution in [0.3, 0.4) is 0 Å². The van der Waals surface area contributed by atoms with E-state index in [0.29, 0.717) is 5.69 Å². The van der Waals surface area contributed by atoms with Crippen molar-refractivity contribution in [1.29, 1.82) is 0 Å². The maximum Gasteiger partial charge on any atom is 0.317 e. The molecule has 0 fully saturated rings. The number of hydrogen-bond donors (Lipinski definition) is 2. The Morgan fingerprint density at radius 1 is 1.38 bits per heavy atom. The van der Waals surface area contributed by atoms with E-state index in [1.807, 2.05) is 34.7 Å². The Kier molecular flexibility index (Phi) is 5.90. The van der Waals surface area contributed by atoms with Gasteiger partial charge in [-0.25, -0.2) is 0 Å². The molecule has 1 atom stereocenters. The average Bonchev–Trinajstić information content (AvgIpc) is 2.63. The SMILES string of the molecule is CCC(C)N(CC(=O)O)CC(=O)Nc1c(C)nn(C)c1C. The molecule has 0 radical (unpaired) electrons. The second-order valence-corrected chi connectivity index (χ2v) is 5.27. The van der Waals surface area contributed by atoms with Crippen molar-refractivity contribution in [2.24, 2.45) is 7.05 Å². The number of carboxylic acids is 1. The lowest BCUT2D eigenvalue weighted by atomic mass is 10.2. The minimum atomic E-state index is -0.933. The molecule has 0 aliphatic rings. The van der Waals surface area contributed by atoms with Crippen molar-refractivity contribution in [1.82, 2.24) is 14.7 Å². The monoisotopic (exact) mass is 296 g/mol. The summed E-state index contributed by atoms with van der Waals surface area (Å²) >= 11 is 0. The van der Waals surface area contributed by atoms with Gasteiger partial charge in [-0.15, -0.1) is 0 Å². The number of aromatic nitrogens is 2. The van der Waals surface area contributed by atoms with Crippen molar-refractivity contribution in [2.75, 3.05) is 18.4 Å². The predicted molar refractivity (Wildman–Crippen MR) is 80.3 cm³/mol. The maximum absolute atomic E-state index is 12.2. The first-order chi connectivity index (χ1) is 9.76. The lowest BCUT2D eigenvalue weighted by molar-refractivity contribution is -0.139. The van der Waals surface area contributed by atoms with E-state index >= 15 is 0 Å².